The van der Waals surface area contributed by atoms with Crippen LogP contribution in [0.3, 0.4) is 0 Å². The van der Waals surface area contributed by atoms with Crippen molar-refractivity contribution in [3.05, 3.63) is 0 Å². The van der Waals surface area contributed by atoms with Gasteiger partial charge in [-0.3, -0.25) is 0 Å². The van der Waals surface area contributed by atoms with E-state index in [9.17, 15) is 0 Å². The maximum atomic E-state index is 8.78. The molecule has 0 radical (unpaired) electrons. The second kappa shape index (κ2) is 4.01. The van der Waals surface area contributed by atoms with Gasteiger partial charge in [-0.25, -0.2) is 0 Å². The maximum absolute atomic E-state index is 8.78. The first-order valence-electron chi connectivity index (χ1n) is 3.78. The molecule has 11 heavy (non-hydrogen) atoms. The molecule has 1 fully saturated rings. The molecule has 3 atom stereocenters. The minimum Gasteiger partial charge on any atom is -0.394 e. The Hall–Kier alpha value is -0.160. The van der Waals surface area contributed by atoms with Gasteiger partial charge >= 0.3 is 0 Å². The molecule has 4 heteroatoms. The van der Waals surface area contributed by atoms with Crippen molar-refractivity contribution in [3.8, 4) is 0 Å². The summed E-state index contributed by atoms with van der Waals surface area (Å²) in [5.41, 5.74) is 5.67. The van der Waals surface area contributed by atoms with Gasteiger partial charge in [0.15, 0.2) is 0 Å². The average molecular weight is 161 g/mol. The number of hydrogen-bond acceptors (Lipinski definition) is 4. The molecular weight excluding hydrogens is 146 g/mol. The van der Waals surface area contributed by atoms with Gasteiger partial charge in [0.25, 0.3) is 0 Å². The fraction of sp³-hybridized carbons (Fsp3) is 1.00. The van der Waals surface area contributed by atoms with Gasteiger partial charge in [0, 0.05) is 13.2 Å². The third kappa shape index (κ3) is 2.13. The van der Waals surface area contributed by atoms with Crippen LogP contribution in [-0.4, -0.2) is 43.7 Å². The highest BCUT2D eigenvalue weighted by Crippen LogP contribution is 2.18. The number of methoxy groups -OCH3 is 1. The normalized spacial score (nSPS) is 37.9. The Labute approximate surface area is 66.3 Å². The number of ether oxygens (including phenoxy) is 2. The Bertz CT molecular complexity index is 120. The molecular formula is C7H15NO3. The summed E-state index contributed by atoms with van der Waals surface area (Å²) in [6.07, 6.45) is 0.640. The lowest BCUT2D eigenvalue weighted by atomic mass is 10.1. The molecule has 0 aromatic carbocycles. The largest absolute Gasteiger partial charge is 0.394 e. The van der Waals surface area contributed by atoms with Crippen LogP contribution in [0.4, 0.5) is 0 Å². The van der Waals surface area contributed by atoms with Gasteiger partial charge in [0.1, 0.15) is 0 Å². The molecule has 0 saturated carbocycles. The third-order valence-electron chi connectivity index (χ3n) is 1.91. The Morgan fingerprint density at radius 2 is 2.45 bits per heavy atom. The predicted octanol–water partition coefficient (Wildman–Crippen LogP) is -0.890. The molecule has 0 bridgehead atoms. The number of aliphatic hydroxyl groups is 1. The number of nitrogens with two attached hydrogens (primary N) is 1. The minimum absolute atomic E-state index is 0.00137. The molecule has 0 amide bonds. The van der Waals surface area contributed by atoms with Gasteiger partial charge in [-0.2, -0.15) is 0 Å². The predicted molar refractivity (Wildman–Crippen MR) is 40.2 cm³/mol. The van der Waals surface area contributed by atoms with E-state index in [1.54, 1.807) is 7.11 Å². The monoisotopic (exact) mass is 161 g/mol. The molecule has 0 aromatic rings. The van der Waals surface area contributed by atoms with E-state index in [0.29, 0.717) is 6.61 Å². The van der Waals surface area contributed by atoms with Crippen LogP contribution in [0.1, 0.15) is 6.42 Å². The summed E-state index contributed by atoms with van der Waals surface area (Å²) in [4.78, 5) is 0. The molecule has 0 aromatic heterocycles. The Morgan fingerprint density at radius 1 is 1.73 bits per heavy atom. The van der Waals surface area contributed by atoms with Crippen LogP contribution >= 0.6 is 0 Å². The quantitative estimate of drug-likeness (QED) is 0.563. The van der Waals surface area contributed by atoms with Gasteiger partial charge in [-0.05, 0) is 6.42 Å². The SMILES string of the molecule is COCC1C[C@@H](N)[C@@H](CO)O1. The second-order valence-electron chi connectivity index (χ2n) is 2.83. The molecule has 3 N–H and O–H groups in total. The van der Waals surface area contributed by atoms with E-state index in [1.165, 1.54) is 0 Å². The molecule has 0 spiro atoms. The van der Waals surface area contributed by atoms with Crippen LogP contribution in [-0.2, 0) is 9.47 Å². The van der Waals surface area contributed by atoms with E-state index >= 15 is 0 Å². The van der Waals surface area contributed by atoms with Crippen molar-refractivity contribution < 1.29 is 14.6 Å². The van der Waals surface area contributed by atoms with Crippen molar-refractivity contribution in [3.63, 3.8) is 0 Å². The smallest absolute Gasteiger partial charge is 0.0962 e. The highest BCUT2D eigenvalue weighted by Gasteiger charge is 2.31. The number of hydrogen-bond donors (Lipinski definition) is 2. The summed E-state index contributed by atoms with van der Waals surface area (Å²) in [7, 11) is 1.63. The average Bonchev–Trinajstić information content (AvgIpc) is 2.32. The molecule has 0 aliphatic carbocycles. The fourth-order valence-electron chi connectivity index (χ4n) is 1.33. The highest BCUT2D eigenvalue weighted by molar-refractivity contribution is 4.84. The first-order chi connectivity index (χ1) is 5.27. The lowest BCUT2D eigenvalue weighted by Crippen LogP contribution is -2.32. The van der Waals surface area contributed by atoms with Crippen molar-refractivity contribution in [2.45, 2.75) is 24.7 Å². The lowest BCUT2D eigenvalue weighted by molar-refractivity contribution is -0.0235. The topological polar surface area (TPSA) is 64.7 Å². The van der Waals surface area contributed by atoms with Crippen LogP contribution in [0.5, 0.6) is 0 Å². The van der Waals surface area contributed by atoms with Gasteiger partial charge in [-0.1, -0.05) is 0 Å². The molecule has 1 rings (SSSR count). The summed E-state index contributed by atoms with van der Waals surface area (Å²) in [5.74, 6) is 0. The van der Waals surface area contributed by atoms with Crippen molar-refractivity contribution in [2.75, 3.05) is 20.3 Å². The summed E-state index contributed by atoms with van der Waals surface area (Å²) >= 11 is 0. The summed E-state index contributed by atoms with van der Waals surface area (Å²) in [5, 5.41) is 8.78. The highest BCUT2D eigenvalue weighted by atomic mass is 16.5. The van der Waals surface area contributed by atoms with Crippen LogP contribution in [0.25, 0.3) is 0 Å². The van der Waals surface area contributed by atoms with E-state index < -0.39 is 0 Å². The van der Waals surface area contributed by atoms with Crippen molar-refractivity contribution >= 4 is 0 Å². The summed E-state index contributed by atoms with van der Waals surface area (Å²) in [6, 6.07) is -0.0415. The van der Waals surface area contributed by atoms with Gasteiger partial charge < -0.3 is 20.3 Å². The first-order valence-corrected chi connectivity index (χ1v) is 3.78. The minimum atomic E-state index is -0.199. The molecule has 1 saturated heterocycles. The Morgan fingerprint density at radius 3 is 2.91 bits per heavy atom. The molecule has 1 heterocycles. The molecule has 1 aliphatic heterocycles. The maximum Gasteiger partial charge on any atom is 0.0962 e. The van der Waals surface area contributed by atoms with Gasteiger partial charge in [0.05, 0.1) is 25.4 Å². The van der Waals surface area contributed by atoms with Crippen LogP contribution < -0.4 is 5.73 Å². The van der Waals surface area contributed by atoms with Crippen molar-refractivity contribution in [1.29, 1.82) is 0 Å². The Balaban J connectivity index is 2.30. The van der Waals surface area contributed by atoms with E-state index in [4.69, 9.17) is 20.3 Å². The zero-order valence-electron chi connectivity index (χ0n) is 6.69. The lowest BCUT2D eigenvalue weighted by Gasteiger charge is -2.11. The zero-order chi connectivity index (χ0) is 8.27. The zero-order valence-corrected chi connectivity index (χ0v) is 6.69. The van der Waals surface area contributed by atoms with E-state index in [1.807, 2.05) is 0 Å². The molecule has 66 valence electrons. The van der Waals surface area contributed by atoms with Crippen LogP contribution in [0.2, 0.25) is 0 Å². The van der Waals surface area contributed by atoms with Gasteiger partial charge in [-0.15, -0.1) is 0 Å². The van der Waals surface area contributed by atoms with Gasteiger partial charge in [0.2, 0.25) is 0 Å². The molecule has 1 aliphatic rings. The fourth-order valence-corrected chi connectivity index (χ4v) is 1.33. The summed E-state index contributed by atoms with van der Waals surface area (Å²) in [6.45, 7) is 0.561. The van der Waals surface area contributed by atoms with Crippen LogP contribution in [0.15, 0.2) is 0 Å². The summed E-state index contributed by atoms with van der Waals surface area (Å²) < 4.78 is 10.3. The first kappa shape index (κ1) is 8.93. The second-order valence-corrected chi connectivity index (χ2v) is 2.83. The number of aliphatic hydroxyl groups excluding tert-OH is 1. The Kier molecular flexibility index (Phi) is 3.26. The van der Waals surface area contributed by atoms with E-state index in [2.05, 4.69) is 0 Å². The standard InChI is InChI=1S/C7H15NO3/c1-10-4-5-2-6(8)7(3-9)11-5/h5-7,9H,2-4,8H2,1H3/t5?,6-,7-/m1/s1. The molecule has 4 nitrogen and oxygen atoms in total. The van der Waals surface area contributed by atoms with Crippen molar-refractivity contribution in [2.24, 2.45) is 5.73 Å². The van der Waals surface area contributed by atoms with E-state index in [0.717, 1.165) is 6.42 Å². The number of rotatable bonds is 3. The van der Waals surface area contributed by atoms with E-state index in [-0.39, 0.29) is 24.9 Å². The van der Waals surface area contributed by atoms with Crippen LogP contribution in [0, 0.1) is 0 Å². The third-order valence-corrected chi connectivity index (χ3v) is 1.91. The molecule has 1 unspecified atom stereocenters. The van der Waals surface area contributed by atoms with Crippen molar-refractivity contribution in [1.82, 2.24) is 0 Å².